The molecule has 1 aliphatic carbocycles. The van der Waals surface area contributed by atoms with Crippen LogP contribution in [0.5, 0.6) is 0 Å². The number of nitrogens with zero attached hydrogens (tertiary/aromatic N) is 1. The lowest BCUT2D eigenvalue weighted by molar-refractivity contribution is 0.233. The third-order valence-electron chi connectivity index (χ3n) is 3.93. The van der Waals surface area contributed by atoms with E-state index in [2.05, 4.69) is 22.3 Å². The minimum Gasteiger partial charge on any atom is -0.398 e. The molecule has 1 aromatic carbocycles. The Morgan fingerprint density at radius 2 is 2.00 bits per heavy atom. The molecule has 0 radical (unpaired) electrons. The Morgan fingerprint density at radius 3 is 2.82 bits per heavy atom. The SMILES string of the molecule is Nc1cc(CN2CCNCC2)cc2c1CCC2. The third kappa shape index (κ3) is 2.31. The molecule has 2 aliphatic rings. The quantitative estimate of drug-likeness (QED) is 0.751. The average molecular weight is 231 g/mol. The van der Waals surface area contributed by atoms with Crippen molar-refractivity contribution in [3.8, 4) is 0 Å². The number of nitrogen functional groups attached to an aromatic ring is 1. The number of rotatable bonds is 2. The number of nitrogens with two attached hydrogens (primary N) is 1. The van der Waals surface area contributed by atoms with Gasteiger partial charge in [0.2, 0.25) is 0 Å². The summed E-state index contributed by atoms with van der Waals surface area (Å²) in [7, 11) is 0. The fourth-order valence-corrected chi connectivity index (χ4v) is 3.03. The summed E-state index contributed by atoms with van der Waals surface area (Å²) in [5, 5.41) is 3.39. The Hall–Kier alpha value is -1.06. The van der Waals surface area contributed by atoms with Gasteiger partial charge in [-0.25, -0.2) is 0 Å². The van der Waals surface area contributed by atoms with Gasteiger partial charge in [0.1, 0.15) is 0 Å². The van der Waals surface area contributed by atoms with E-state index in [9.17, 15) is 0 Å². The number of hydrogen-bond acceptors (Lipinski definition) is 3. The van der Waals surface area contributed by atoms with E-state index in [4.69, 9.17) is 5.73 Å². The highest BCUT2D eigenvalue weighted by Crippen LogP contribution is 2.29. The summed E-state index contributed by atoms with van der Waals surface area (Å²) in [6.07, 6.45) is 3.67. The van der Waals surface area contributed by atoms with Gasteiger partial charge in [-0.05, 0) is 42.0 Å². The maximum atomic E-state index is 6.15. The van der Waals surface area contributed by atoms with Crippen LogP contribution >= 0.6 is 0 Å². The molecule has 17 heavy (non-hydrogen) atoms. The van der Waals surface area contributed by atoms with Crippen molar-refractivity contribution in [1.29, 1.82) is 0 Å². The van der Waals surface area contributed by atoms with E-state index >= 15 is 0 Å². The predicted octanol–water partition coefficient (Wildman–Crippen LogP) is 1.16. The molecule has 1 heterocycles. The van der Waals surface area contributed by atoms with Crippen molar-refractivity contribution in [3.05, 3.63) is 28.8 Å². The molecule has 3 nitrogen and oxygen atoms in total. The van der Waals surface area contributed by atoms with Crippen molar-refractivity contribution in [2.75, 3.05) is 31.9 Å². The van der Waals surface area contributed by atoms with Gasteiger partial charge in [0, 0.05) is 38.4 Å². The zero-order chi connectivity index (χ0) is 11.7. The molecule has 0 aromatic heterocycles. The summed E-state index contributed by atoms with van der Waals surface area (Å²) in [5.74, 6) is 0. The standard InChI is InChI=1S/C14H21N3/c15-14-9-11(8-12-2-1-3-13(12)14)10-17-6-4-16-5-7-17/h8-9,16H,1-7,10,15H2. The van der Waals surface area contributed by atoms with Crippen LogP contribution in [0.3, 0.4) is 0 Å². The molecule has 3 rings (SSSR count). The molecule has 3 N–H and O–H groups in total. The van der Waals surface area contributed by atoms with Crippen LogP contribution in [0, 0.1) is 0 Å². The lowest BCUT2D eigenvalue weighted by Gasteiger charge is -2.27. The van der Waals surface area contributed by atoms with Crippen molar-refractivity contribution in [1.82, 2.24) is 10.2 Å². The van der Waals surface area contributed by atoms with Crippen LogP contribution in [0.15, 0.2) is 12.1 Å². The minimum absolute atomic E-state index is 1.02. The fourth-order valence-electron chi connectivity index (χ4n) is 3.03. The van der Waals surface area contributed by atoms with Crippen LogP contribution < -0.4 is 11.1 Å². The molecule has 92 valence electrons. The molecule has 0 amide bonds. The largest absolute Gasteiger partial charge is 0.398 e. The Bertz CT molecular complexity index is 408. The number of nitrogens with one attached hydrogen (secondary N) is 1. The molecule has 0 unspecified atom stereocenters. The first kappa shape index (κ1) is 11.1. The van der Waals surface area contributed by atoms with Crippen molar-refractivity contribution < 1.29 is 0 Å². The lowest BCUT2D eigenvalue weighted by Crippen LogP contribution is -2.42. The van der Waals surface area contributed by atoms with Crippen LogP contribution in [-0.2, 0) is 19.4 Å². The average Bonchev–Trinajstić information content (AvgIpc) is 2.79. The van der Waals surface area contributed by atoms with Gasteiger partial charge in [-0.3, -0.25) is 4.90 Å². The van der Waals surface area contributed by atoms with E-state index in [0.717, 1.165) is 38.4 Å². The maximum Gasteiger partial charge on any atom is 0.0352 e. The van der Waals surface area contributed by atoms with E-state index in [0.29, 0.717) is 0 Å². The smallest absolute Gasteiger partial charge is 0.0352 e. The second kappa shape index (κ2) is 4.67. The zero-order valence-corrected chi connectivity index (χ0v) is 10.3. The van der Waals surface area contributed by atoms with E-state index in [1.54, 1.807) is 0 Å². The number of aryl methyl sites for hydroxylation is 1. The van der Waals surface area contributed by atoms with E-state index in [1.807, 2.05) is 0 Å². The van der Waals surface area contributed by atoms with Gasteiger partial charge in [0.15, 0.2) is 0 Å². The Labute approximate surface area is 103 Å². The van der Waals surface area contributed by atoms with Gasteiger partial charge in [0.25, 0.3) is 0 Å². The topological polar surface area (TPSA) is 41.3 Å². The van der Waals surface area contributed by atoms with E-state index < -0.39 is 0 Å². The fraction of sp³-hybridized carbons (Fsp3) is 0.571. The Kier molecular flexibility index (Phi) is 3.04. The molecule has 1 aromatic rings. The monoisotopic (exact) mass is 231 g/mol. The third-order valence-corrected chi connectivity index (χ3v) is 3.93. The van der Waals surface area contributed by atoms with Crippen molar-refractivity contribution in [2.45, 2.75) is 25.8 Å². The van der Waals surface area contributed by atoms with Gasteiger partial charge < -0.3 is 11.1 Å². The van der Waals surface area contributed by atoms with Crippen LogP contribution in [-0.4, -0.2) is 31.1 Å². The van der Waals surface area contributed by atoms with Crippen LogP contribution in [0.4, 0.5) is 5.69 Å². The summed E-state index contributed by atoms with van der Waals surface area (Å²) in [6, 6.07) is 4.56. The molecule has 0 saturated carbocycles. The highest BCUT2D eigenvalue weighted by molar-refractivity contribution is 5.55. The van der Waals surface area contributed by atoms with Crippen LogP contribution in [0.2, 0.25) is 0 Å². The zero-order valence-electron chi connectivity index (χ0n) is 10.3. The number of hydrogen-bond donors (Lipinski definition) is 2. The number of fused-ring (bicyclic) bond motifs is 1. The summed E-state index contributed by atoms with van der Waals surface area (Å²) >= 11 is 0. The van der Waals surface area contributed by atoms with E-state index in [1.165, 1.54) is 36.0 Å². The van der Waals surface area contributed by atoms with Gasteiger partial charge in [-0.1, -0.05) is 6.07 Å². The Balaban J connectivity index is 1.76. The van der Waals surface area contributed by atoms with Gasteiger partial charge in [-0.2, -0.15) is 0 Å². The van der Waals surface area contributed by atoms with Gasteiger partial charge in [-0.15, -0.1) is 0 Å². The molecule has 3 heteroatoms. The first-order chi connectivity index (χ1) is 8.33. The first-order valence-corrected chi connectivity index (χ1v) is 6.66. The predicted molar refractivity (Wildman–Crippen MR) is 71.0 cm³/mol. The molecule has 1 fully saturated rings. The number of benzene rings is 1. The normalized spacial score (nSPS) is 20.5. The van der Waals surface area contributed by atoms with Crippen molar-refractivity contribution >= 4 is 5.69 Å². The summed E-state index contributed by atoms with van der Waals surface area (Å²) in [5.41, 5.74) is 11.5. The minimum atomic E-state index is 1.02. The first-order valence-electron chi connectivity index (χ1n) is 6.66. The molecule has 0 atom stereocenters. The van der Waals surface area contributed by atoms with Crippen molar-refractivity contribution in [3.63, 3.8) is 0 Å². The second-order valence-electron chi connectivity index (χ2n) is 5.20. The van der Waals surface area contributed by atoms with E-state index in [-0.39, 0.29) is 0 Å². The molecule has 0 spiro atoms. The lowest BCUT2D eigenvalue weighted by atomic mass is 10.0. The molecular weight excluding hydrogens is 210 g/mol. The maximum absolute atomic E-state index is 6.15. The summed E-state index contributed by atoms with van der Waals surface area (Å²) in [6.45, 7) is 5.58. The Morgan fingerprint density at radius 1 is 1.18 bits per heavy atom. The molecule has 1 saturated heterocycles. The second-order valence-corrected chi connectivity index (χ2v) is 5.20. The molecule has 1 aliphatic heterocycles. The van der Waals surface area contributed by atoms with Gasteiger partial charge in [0.05, 0.1) is 0 Å². The molecular formula is C14H21N3. The highest BCUT2D eigenvalue weighted by atomic mass is 15.2. The highest BCUT2D eigenvalue weighted by Gasteiger charge is 2.16. The van der Waals surface area contributed by atoms with Crippen LogP contribution in [0.25, 0.3) is 0 Å². The number of anilines is 1. The molecule has 0 bridgehead atoms. The van der Waals surface area contributed by atoms with Crippen LogP contribution in [0.1, 0.15) is 23.1 Å². The van der Waals surface area contributed by atoms with Crippen molar-refractivity contribution in [2.24, 2.45) is 0 Å². The number of piperazine rings is 1. The summed E-state index contributed by atoms with van der Waals surface area (Å²) in [4.78, 5) is 2.51. The van der Waals surface area contributed by atoms with Gasteiger partial charge >= 0.3 is 0 Å². The summed E-state index contributed by atoms with van der Waals surface area (Å²) < 4.78 is 0.